The first kappa shape index (κ1) is 14.8. The van der Waals surface area contributed by atoms with Gasteiger partial charge in [-0.3, -0.25) is 0 Å². The van der Waals surface area contributed by atoms with Crippen LogP contribution in [0.25, 0.3) is 0 Å². The van der Waals surface area contributed by atoms with E-state index in [4.69, 9.17) is 11.6 Å². The van der Waals surface area contributed by atoms with E-state index in [2.05, 4.69) is 25.5 Å². The van der Waals surface area contributed by atoms with Gasteiger partial charge in [0.05, 0.1) is 15.6 Å². The fraction of sp³-hybridized carbons (Fsp3) is 0.333. The third-order valence-corrected chi connectivity index (χ3v) is 4.76. The lowest BCUT2D eigenvalue weighted by Gasteiger charge is -2.12. The van der Waals surface area contributed by atoms with Crippen LogP contribution in [-0.2, 0) is 6.42 Å². The predicted molar refractivity (Wildman–Crippen MR) is 77.1 cm³/mol. The Morgan fingerprint density at radius 3 is 2.95 bits per heavy atom. The molecule has 0 aliphatic heterocycles. The maximum atomic E-state index is 14.1. The fourth-order valence-corrected chi connectivity index (χ4v) is 2.91. The Bertz CT molecular complexity index is 593. The Morgan fingerprint density at radius 2 is 2.26 bits per heavy atom. The Hall–Kier alpha value is -0.560. The fourth-order valence-electron chi connectivity index (χ4n) is 1.73. The summed E-state index contributed by atoms with van der Waals surface area (Å²) in [4.78, 5) is 0.569. The highest BCUT2D eigenvalue weighted by Crippen LogP contribution is 2.34. The number of hydrogen-bond acceptors (Lipinski definition) is 4. The van der Waals surface area contributed by atoms with Crippen LogP contribution in [0.3, 0.4) is 0 Å². The summed E-state index contributed by atoms with van der Waals surface area (Å²) in [5.41, 5.74) is 0.843. The highest BCUT2D eigenvalue weighted by atomic mass is 79.9. The van der Waals surface area contributed by atoms with Crippen molar-refractivity contribution < 1.29 is 9.50 Å². The van der Waals surface area contributed by atoms with Crippen LogP contribution < -0.4 is 0 Å². The monoisotopic (exact) mass is 364 g/mol. The number of nitrogens with zero attached hydrogens (tertiary/aromatic N) is 2. The lowest BCUT2D eigenvalue weighted by Crippen LogP contribution is -2.04. The minimum Gasteiger partial charge on any atom is -0.383 e. The minimum absolute atomic E-state index is 0.0360. The molecule has 0 radical (unpaired) electrons. The topological polar surface area (TPSA) is 46.0 Å². The van der Waals surface area contributed by atoms with Crippen LogP contribution in [-0.4, -0.2) is 14.7 Å². The van der Waals surface area contributed by atoms with Gasteiger partial charge in [0.1, 0.15) is 11.9 Å². The molecule has 0 spiro atoms. The maximum Gasteiger partial charge on any atom is 0.149 e. The lowest BCUT2D eigenvalue weighted by molar-refractivity contribution is 0.217. The summed E-state index contributed by atoms with van der Waals surface area (Å²) in [6, 6.07) is 3.11. The van der Waals surface area contributed by atoms with E-state index < -0.39 is 11.9 Å². The molecule has 0 amide bonds. The second kappa shape index (κ2) is 6.26. The molecule has 19 heavy (non-hydrogen) atoms. The van der Waals surface area contributed by atoms with Gasteiger partial charge in [-0.25, -0.2) is 4.39 Å². The van der Waals surface area contributed by atoms with E-state index in [-0.39, 0.29) is 10.6 Å². The molecule has 102 valence electrons. The van der Waals surface area contributed by atoms with Crippen molar-refractivity contribution in [3.63, 3.8) is 0 Å². The zero-order chi connectivity index (χ0) is 14.0. The van der Waals surface area contributed by atoms with Gasteiger partial charge in [-0.15, -0.1) is 5.10 Å². The molecule has 3 nitrogen and oxygen atoms in total. The second-order valence-electron chi connectivity index (χ2n) is 4.00. The predicted octanol–water partition coefficient (Wildman–Crippen LogP) is 4.13. The van der Waals surface area contributed by atoms with E-state index in [1.165, 1.54) is 6.07 Å². The van der Waals surface area contributed by atoms with E-state index >= 15 is 0 Å². The molecule has 2 aromatic rings. The molecule has 7 heteroatoms. The first-order valence-corrected chi connectivity index (χ1v) is 7.63. The average molecular weight is 366 g/mol. The standard InChI is InChI=1S/C12H11BrClFN2OS/c1-2-3-8-12(19-17-16-8)11(18)6-4-5-7(13)9(14)10(6)15/h4-5,11,18H,2-3H2,1H3. The van der Waals surface area contributed by atoms with Crippen LogP contribution in [0.2, 0.25) is 5.02 Å². The van der Waals surface area contributed by atoms with E-state index in [1.54, 1.807) is 6.07 Å². The molecule has 0 saturated heterocycles. The van der Waals surface area contributed by atoms with Crippen molar-refractivity contribution in [3.8, 4) is 0 Å². The average Bonchev–Trinajstić information content (AvgIpc) is 2.84. The first-order chi connectivity index (χ1) is 9.06. The highest BCUT2D eigenvalue weighted by molar-refractivity contribution is 9.10. The lowest BCUT2D eigenvalue weighted by atomic mass is 10.0. The third-order valence-electron chi connectivity index (χ3n) is 2.68. The van der Waals surface area contributed by atoms with Gasteiger partial charge in [-0.05, 0) is 39.9 Å². The molecule has 0 aliphatic rings. The molecule has 0 aliphatic carbocycles. The second-order valence-corrected chi connectivity index (χ2v) is 6.02. The summed E-state index contributed by atoms with van der Waals surface area (Å²) in [6.45, 7) is 2.01. The molecule has 1 unspecified atom stereocenters. The Balaban J connectivity index is 2.41. The molecule has 1 N–H and O–H groups in total. The van der Waals surface area contributed by atoms with E-state index in [0.717, 1.165) is 18.0 Å². The largest absolute Gasteiger partial charge is 0.383 e. The summed E-state index contributed by atoms with van der Waals surface area (Å²) in [7, 11) is 0. The third kappa shape index (κ3) is 2.97. The van der Waals surface area contributed by atoms with E-state index in [9.17, 15) is 9.50 Å². The Morgan fingerprint density at radius 1 is 1.53 bits per heavy atom. The van der Waals surface area contributed by atoms with Gasteiger partial charge in [0.15, 0.2) is 0 Å². The summed E-state index contributed by atoms with van der Waals surface area (Å²) < 4.78 is 18.3. The molecule has 0 fully saturated rings. The first-order valence-electron chi connectivity index (χ1n) is 5.68. The van der Waals surface area contributed by atoms with Crippen molar-refractivity contribution in [1.82, 2.24) is 9.59 Å². The number of aryl methyl sites for hydroxylation is 1. The van der Waals surface area contributed by atoms with Crippen molar-refractivity contribution >= 4 is 39.1 Å². The molecule has 1 heterocycles. The van der Waals surface area contributed by atoms with Crippen LogP contribution in [0, 0.1) is 5.82 Å². The molecule has 1 atom stereocenters. The van der Waals surface area contributed by atoms with Gasteiger partial charge in [0, 0.05) is 10.0 Å². The normalized spacial score (nSPS) is 12.7. The number of aromatic nitrogens is 2. The zero-order valence-electron chi connectivity index (χ0n) is 10.0. The number of hydrogen-bond donors (Lipinski definition) is 1. The maximum absolute atomic E-state index is 14.1. The number of benzene rings is 1. The van der Waals surface area contributed by atoms with E-state index in [0.29, 0.717) is 21.5 Å². The van der Waals surface area contributed by atoms with Crippen LogP contribution in [0.1, 0.15) is 35.6 Å². The van der Waals surface area contributed by atoms with Crippen molar-refractivity contribution in [2.45, 2.75) is 25.9 Å². The van der Waals surface area contributed by atoms with Crippen molar-refractivity contribution in [3.05, 3.63) is 43.6 Å². The number of aliphatic hydroxyl groups is 1. The van der Waals surface area contributed by atoms with Gasteiger partial charge in [0.2, 0.25) is 0 Å². The van der Waals surface area contributed by atoms with Gasteiger partial charge >= 0.3 is 0 Å². The Kier molecular flexibility index (Phi) is 4.89. The smallest absolute Gasteiger partial charge is 0.149 e. The number of aliphatic hydroxyl groups excluding tert-OH is 1. The summed E-state index contributed by atoms with van der Waals surface area (Å²) >= 11 is 10.0. The van der Waals surface area contributed by atoms with Gasteiger partial charge in [-0.2, -0.15) is 0 Å². The van der Waals surface area contributed by atoms with Crippen molar-refractivity contribution in [2.24, 2.45) is 0 Å². The van der Waals surface area contributed by atoms with Crippen molar-refractivity contribution in [1.29, 1.82) is 0 Å². The van der Waals surface area contributed by atoms with Crippen LogP contribution in [0.15, 0.2) is 16.6 Å². The summed E-state index contributed by atoms with van der Waals surface area (Å²) in [5, 5.41) is 14.2. The Labute approximate surface area is 127 Å². The molecule has 0 saturated carbocycles. The molecular weight excluding hydrogens is 355 g/mol. The van der Waals surface area contributed by atoms with Crippen molar-refractivity contribution in [2.75, 3.05) is 0 Å². The van der Waals surface area contributed by atoms with Gasteiger partial charge < -0.3 is 5.11 Å². The molecule has 1 aromatic carbocycles. The SMILES string of the molecule is CCCc1nnsc1C(O)c1ccc(Br)c(Cl)c1F. The quantitative estimate of drug-likeness (QED) is 0.829. The van der Waals surface area contributed by atoms with Crippen LogP contribution in [0.4, 0.5) is 4.39 Å². The van der Waals surface area contributed by atoms with Gasteiger partial charge in [0.25, 0.3) is 0 Å². The number of halogens is 3. The number of rotatable bonds is 4. The summed E-state index contributed by atoms with van der Waals surface area (Å²) in [6.07, 6.45) is 0.496. The molecule has 1 aromatic heterocycles. The highest BCUT2D eigenvalue weighted by Gasteiger charge is 2.23. The molecule has 2 rings (SSSR count). The van der Waals surface area contributed by atoms with Gasteiger partial charge in [-0.1, -0.05) is 35.5 Å². The molecular formula is C12H11BrClFN2OS. The molecule has 0 bridgehead atoms. The summed E-state index contributed by atoms with van der Waals surface area (Å²) in [5.74, 6) is -0.626. The minimum atomic E-state index is -1.09. The van der Waals surface area contributed by atoms with Crippen LogP contribution in [0.5, 0.6) is 0 Å². The van der Waals surface area contributed by atoms with Crippen LogP contribution >= 0.6 is 39.1 Å². The van der Waals surface area contributed by atoms with E-state index in [1.807, 2.05) is 6.92 Å². The zero-order valence-corrected chi connectivity index (χ0v) is 13.2.